The Labute approximate surface area is 118 Å². The zero-order valence-corrected chi connectivity index (χ0v) is 13.6. The van der Waals surface area contributed by atoms with Crippen molar-refractivity contribution in [2.45, 2.75) is 26.7 Å². The third kappa shape index (κ3) is 5.55. The summed E-state index contributed by atoms with van der Waals surface area (Å²) in [6, 6.07) is 15.1. The summed E-state index contributed by atoms with van der Waals surface area (Å²) in [5, 5.41) is 2.76. The summed E-state index contributed by atoms with van der Waals surface area (Å²) in [6.45, 7) is 4.98. The SMILES string of the molecule is CCCc1cccc2ccccc12.CCO[SiH2]OC. The lowest BCUT2D eigenvalue weighted by Crippen LogP contribution is -1.98. The minimum absolute atomic E-state index is 0.578. The van der Waals surface area contributed by atoms with Gasteiger partial charge in [-0.2, -0.15) is 0 Å². The summed E-state index contributed by atoms with van der Waals surface area (Å²) in [4.78, 5) is 0. The molecule has 0 saturated carbocycles. The van der Waals surface area contributed by atoms with E-state index in [4.69, 9.17) is 8.85 Å². The normalized spacial score (nSPS) is 10.7. The van der Waals surface area contributed by atoms with Gasteiger partial charge in [-0.15, -0.1) is 0 Å². The van der Waals surface area contributed by atoms with E-state index in [1.54, 1.807) is 7.11 Å². The van der Waals surface area contributed by atoms with Crippen molar-refractivity contribution in [3.05, 3.63) is 48.0 Å². The first-order valence-corrected chi connectivity index (χ1v) is 8.02. The van der Waals surface area contributed by atoms with Gasteiger partial charge in [0.25, 0.3) is 0 Å². The van der Waals surface area contributed by atoms with Crippen molar-refractivity contribution >= 4 is 20.8 Å². The van der Waals surface area contributed by atoms with Gasteiger partial charge in [0.05, 0.1) is 0 Å². The van der Waals surface area contributed by atoms with E-state index in [2.05, 4.69) is 49.4 Å². The van der Waals surface area contributed by atoms with E-state index >= 15 is 0 Å². The summed E-state index contributed by atoms with van der Waals surface area (Å²) in [5.74, 6) is 0. The topological polar surface area (TPSA) is 18.5 Å². The molecule has 0 aliphatic rings. The number of benzene rings is 2. The number of rotatable bonds is 5. The molecule has 0 amide bonds. The average Bonchev–Trinajstić information content (AvgIpc) is 2.46. The van der Waals surface area contributed by atoms with Crippen LogP contribution >= 0.6 is 0 Å². The minimum atomic E-state index is -0.578. The second kappa shape index (κ2) is 9.73. The van der Waals surface area contributed by atoms with Gasteiger partial charge >= 0.3 is 10.0 Å². The Morgan fingerprint density at radius 3 is 2.37 bits per heavy atom. The Morgan fingerprint density at radius 2 is 1.74 bits per heavy atom. The molecule has 2 nitrogen and oxygen atoms in total. The lowest BCUT2D eigenvalue weighted by molar-refractivity contribution is 0.269. The molecule has 0 spiro atoms. The fourth-order valence-electron chi connectivity index (χ4n) is 1.95. The van der Waals surface area contributed by atoms with Gasteiger partial charge in [0.2, 0.25) is 0 Å². The highest BCUT2D eigenvalue weighted by molar-refractivity contribution is 6.17. The van der Waals surface area contributed by atoms with Gasteiger partial charge in [-0.05, 0) is 29.7 Å². The van der Waals surface area contributed by atoms with Crippen LogP contribution in [0.25, 0.3) is 10.8 Å². The molecule has 0 aromatic heterocycles. The molecule has 0 unspecified atom stereocenters. The van der Waals surface area contributed by atoms with Gasteiger partial charge in [-0.1, -0.05) is 55.8 Å². The molecule has 104 valence electrons. The zero-order chi connectivity index (χ0) is 13.9. The second-order valence-electron chi connectivity index (χ2n) is 4.29. The van der Waals surface area contributed by atoms with Crippen molar-refractivity contribution in [3.8, 4) is 0 Å². The molecule has 3 heteroatoms. The van der Waals surface area contributed by atoms with E-state index in [1.807, 2.05) is 6.92 Å². The molecule has 0 aliphatic heterocycles. The maximum atomic E-state index is 4.90. The summed E-state index contributed by atoms with van der Waals surface area (Å²) in [6.07, 6.45) is 2.40. The van der Waals surface area contributed by atoms with E-state index in [1.165, 1.54) is 29.2 Å². The first-order chi connectivity index (χ1) is 9.33. The molecule has 0 saturated heterocycles. The largest absolute Gasteiger partial charge is 0.402 e. The van der Waals surface area contributed by atoms with Gasteiger partial charge < -0.3 is 8.85 Å². The molecule has 0 atom stereocenters. The molecule has 0 aliphatic carbocycles. The molecular formula is C16H24O2Si. The molecule has 0 bridgehead atoms. The predicted molar refractivity (Wildman–Crippen MR) is 85.1 cm³/mol. The Balaban J connectivity index is 0.000000258. The highest BCUT2D eigenvalue weighted by atomic mass is 28.3. The summed E-state index contributed by atoms with van der Waals surface area (Å²) >= 11 is 0. The number of aryl methyl sites for hydroxylation is 1. The number of hydrogen-bond donors (Lipinski definition) is 0. The first kappa shape index (κ1) is 15.9. The molecule has 0 radical (unpaired) electrons. The minimum Gasteiger partial charge on any atom is -0.402 e. The zero-order valence-electron chi connectivity index (χ0n) is 12.2. The Kier molecular flexibility index (Phi) is 8.14. The molecule has 19 heavy (non-hydrogen) atoms. The Morgan fingerprint density at radius 1 is 1.00 bits per heavy atom. The van der Waals surface area contributed by atoms with Crippen molar-refractivity contribution < 1.29 is 8.85 Å². The summed E-state index contributed by atoms with van der Waals surface area (Å²) in [5.41, 5.74) is 1.47. The van der Waals surface area contributed by atoms with Crippen LogP contribution in [0.2, 0.25) is 0 Å². The van der Waals surface area contributed by atoms with E-state index in [0.717, 1.165) is 6.61 Å². The van der Waals surface area contributed by atoms with Crippen LogP contribution in [0, 0.1) is 0 Å². The third-order valence-corrected chi connectivity index (χ3v) is 3.62. The maximum Gasteiger partial charge on any atom is 0.304 e. The van der Waals surface area contributed by atoms with E-state index in [0.29, 0.717) is 0 Å². The van der Waals surface area contributed by atoms with Gasteiger partial charge in [-0.3, -0.25) is 0 Å². The average molecular weight is 276 g/mol. The van der Waals surface area contributed by atoms with E-state index < -0.39 is 10.0 Å². The van der Waals surface area contributed by atoms with Crippen LogP contribution in [0.5, 0.6) is 0 Å². The first-order valence-electron chi connectivity index (χ1n) is 6.86. The fraction of sp³-hybridized carbons (Fsp3) is 0.375. The van der Waals surface area contributed by atoms with E-state index in [-0.39, 0.29) is 0 Å². The lowest BCUT2D eigenvalue weighted by Gasteiger charge is -2.03. The molecule has 2 rings (SSSR count). The van der Waals surface area contributed by atoms with Crippen LogP contribution in [-0.4, -0.2) is 23.7 Å². The van der Waals surface area contributed by atoms with Crippen molar-refractivity contribution in [2.75, 3.05) is 13.7 Å². The van der Waals surface area contributed by atoms with Crippen LogP contribution < -0.4 is 0 Å². The van der Waals surface area contributed by atoms with Crippen LogP contribution in [0.1, 0.15) is 25.8 Å². The van der Waals surface area contributed by atoms with Crippen molar-refractivity contribution in [2.24, 2.45) is 0 Å². The molecule has 2 aromatic rings. The van der Waals surface area contributed by atoms with Crippen molar-refractivity contribution in [1.82, 2.24) is 0 Å². The van der Waals surface area contributed by atoms with Crippen LogP contribution in [-0.2, 0) is 15.3 Å². The van der Waals surface area contributed by atoms with Crippen molar-refractivity contribution in [3.63, 3.8) is 0 Å². The highest BCUT2D eigenvalue weighted by Crippen LogP contribution is 2.19. The molecule has 2 aromatic carbocycles. The maximum absolute atomic E-state index is 4.90. The monoisotopic (exact) mass is 276 g/mol. The molecular weight excluding hydrogens is 252 g/mol. The Bertz CT molecular complexity index is 462. The lowest BCUT2D eigenvalue weighted by atomic mass is 10.0. The van der Waals surface area contributed by atoms with Gasteiger partial charge in [-0.25, -0.2) is 0 Å². The molecule has 0 heterocycles. The summed E-state index contributed by atoms with van der Waals surface area (Å²) < 4.78 is 9.60. The smallest absolute Gasteiger partial charge is 0.304 e. The van der Waals surface area contributed by atoms with E-state index in [9.17, 15) is 0 Å². The van der Waals surface area contributed by atoms with Gasteiger partial charge in [0, 0.05) is 13.7 Å². The van der Waals surface area contributed by atoms with Crippen LogP contribution in [0.3, 0.4) is 0 Å². The fourth-order valence-corrected chi connectivity index (χ4v) is 2.28. The number of fused-ring (bicyclic) bond motifs is 1. The number of hydrogen-bond acceptors (Lipinski definition) is 2. The quantitative estimate of drug-likeness (QED) is 0.615. The van der Waals surface area contributed by atoms with Crippen molar-refractivity contribution in [1.29, 1.82) is 0 Å². The van der Waals surface area contributed by atoms with Crippen LogP contribution in [0.4, 0.5) is 0 Å². The van der Waals surface area contributed by atoms with Crippen LogP contribution in [0.15, 0.2) is 42.5 Å². The second-order valence-corrected chi connectivity index (χ2v) is 5.51. The molecule has 0 N–H and O–H groups in total. The standard InChI is InChI=1S/C13H14.C3H10O2Si/c1-2-6-11-8-5-9-12-7-3-4-10-13(11)12;1-3-5-6-4-2/h3-5,7-10H,2,6H2,1H3;3,6H2,1-2H3. The highest BCUT2D eigenvalue weighted by Gasteiger charge is 1.97. The molecule has 0 fully saturated rings. The third-order valence-electron chi connectivity index (χ3n) is 2.80. The van der Waals surface area contributed by atoms with Gasteiger partial charge in [0.15, 0.2) is 0 Å². The predicted octanol–water partition coefficient (Wildman–Crippen LogP) is 3.46. The summed E-state index contributed by atoms with van der Waals surface area (Å²) in [7, 11) is 1.09. The Hall–Kier alpha value is -1.16. The van der Waals surface area contributed by atoms with Gasteiger partial charge in [0.1, 0.15) is 0 Å².